The molecule has 3 nitrogen and oxygen atoms in total. The molecule has 0 bridgehead atoms. The van der Waals surface area contributed by atoms with Crippen molar-refractivity contribution in [2.45, 2.75) is 10.9 Å². The van der Waals surface area contributed by atoms with E-state index in [0.29, 0.717) is 10.8 Å². The molecule has 1 aromatic heterocycles. The van der Waals surface area contributed by atoms with Gasteiger partial charge in [0.2, 0.25) is 0 Å². The van der Waals surface area contributed by atoms with E-state index in [4.69, 9.17) is 11.6 Å². The second-order valence-corrected chi connectivity index (χ2v) is 6.21. The first-order valence-corrected chi connectivity index (χ1v) is 7.64. The molecule has 0 aliphatic carbocycles. The number of benzene rings is 2. The summed E-state index contributed by atoms with van der Waals surface area (Å²) in [6, 6.07) is 15.2. The third-order valence-electron chi connectivity index (χ3n) is 3.61. The van der Waals surface area contributed by atoms with E-state index in [0.717, 1.165) is 21.8 Å². The molecule has 0 saturated carbocycles. The van der Waals surface area contributed by atoms with Crippen LogP contribution >= 0.6 is 23.4 Å². The maximum absolute atomic E-state index is 11.2. The van der Waals surface area contributed by atoms with E-state index in [2.05, 4.69) is 4.98 Å². The van der Waals surface area contributed by atoms with E-state index in [1.807, 2.05) is 41.0 Å². The Morgan fingerprint density at radius 3 is 2.70 bits per heavy atom. The first-order valence-electron chi connectivity index (χ1n) is 6.28. The predicted molar refractivity (Wildman–Crippen MR) is 81.2 cm³/mol. The monoisotopic (exact) mass is 302 g/mol. The molecular weight excluding hydrogens is 292 g/mol. The molecule has 0 saturated heterocycles. The molecule has 1 atom stereocenters. The van der Waals surface area contributed by atoms with E-state index < -0.39 is 5.72 Å². The van der Waals surface area contributed by atoms with Gasteiger partial charge in [-0.25, -0.2) is 4.98 Å². The van der Waals surface area contributed by atoms with Crippen molar-refractivity contribution in [2.24, 2.45) is 0 Å². The van der Waals surface area contributed by atoms with Crippen molar-refractivity contribution >= 4 is 34.4 Å². The Labute approximate surface area is 125 Å². The molecule has 1 aliphatic rings. The van der Waals surface area contributed by atoms with Crippen molar-refractivity contribution in [3.05, 3.63) is 59.1 Å². The number of aliphatic hydroxyl groups is 1. The normalized spacial score (nSPS) is 21.3. The lowest BCUT2D eigenvalue weighted by molar-refractivity contribution is 0.0331. The molecule has 0 amide bonds. The van der Waals surface area contributed by atoms with Crippen LogP contribution in [0.15, 0.2) is 53.7 Å². The Bertz CT molecular complexity index is 799. The van der Waals surface area contributed by atoms with E-state index in [1.165, 1.54) is 0 Å². The van der Waals surface area contributed by atoms with Gasteiger partial charge < -0.3 is 5.11 Å². The first kappa shape index (κ1) is 12.3. The van der Waals surface area contributed by atoms with Gasteiger partial charge in [-0.1, -0.05) is 47.6 Å². The fourth-order valence-corrected chi connectivity index (χ4v) is 3.91. The molecule has 0 fully saturated rings. The van der Waals surface area contributed by atoms with Gasteiger partial charge in [0.25, 0.3) is 0 Å². The van der Waals surface area contributed by atoms with Crippen LogP contribution in [0.3, 0.4) is 0 Å². The Hall–Kier alpha value is -1.49. The number of hydrogen-bond acceptors (Lipinski definition) is 3. The zero-order chi connectivity index (χ0) is 13.7. The second-order valence-electron chi connectivity index (χ2n) is 4.83. The van der Waals surface area contributed by atoms with Crippen molar-refractivity contribution in [3.63, 3.8) is 0 Å². The number of aromatic nitrogens is 2. The number of thioether (sulfide) groups is 1. The van der Waals surface area contributed by atoms with Crippen LogP contribution < -0.4 is 0 Å². The van der Waals surface area contributed by atoms with Crippen molar-refractivity contribution in [2.75, 3.05) is 5.75 Å². The number of hydrogen-bond donors (Lipinski definition) is 1. The lowest BCUT2D eigenvalue weighted by atomic mass is 10.0. The highest BCUT2D eigenvalue weighted by atomic mass is 35.5. The largest absolute Gasteiger partial charge is 0.366 e. The lowest BCUT2D eigenvalue weighted by Crippen LogP contribution is -2.33. The van der Waals surface area contributed by atoms with E-state index in [9.17, 15) is 5.11 Å². The predicted octanol–water partition coefficient (Wildman–Crippen LogP) is 3.49. The van der Waals surface area contributed by atoms with Gasteiger partial charge in [-0.05, 0) is 24.3 Å². The topological polar surface area (TPSA) is 38.1 Å². The Balaban J connectivity index is 1.96. The van der Waals surface area contributed by atoms with Crippen LogP contribution in [-0.4, -0.2) is 20.4 Å². The molecular formula is C15H11ClN2OS. The zero-order valence-corrected chi connectivity index (χ0v) is 12.0. The highest BCUT2D eigenvalue weighted by Gasteiger charge is 2.40. The number of imidazole rings is 1. The van der Waals surface area contributed by atoms with Crippen LogP contribution in [0.2, 0.25) is 5.02 Å². The van der Waals surface area contributed by atoms with Crippen LogP contribution in [0, 0.1) is 0 Å². The summed E-state index contributed by atoms with van der Waals surface area (Å²) in [6.45, 7) is 0. The Morgan fingerprint density at radius 2 is 1.90 bits per heavy atom. The quantitative estimate of drug-likeness (QED) is 0.748. The molecule has 2 heterocycles. The van der Waals surface area contributed by atoms with Gasteiger partial charge in [0.1, 0.15) is 0 Å². The highest BCUT2D eigenvalue weighted by molar-refractivity contribution is 7.99. The van der Waals surface area contributed by atoms with Gasteiger partial charge in [0.15, 0.2) is 10.9 Å². The maximum Gasteiger partial charge on any atom is 0.179 e. The summed E-state index contributed by atoms with van der Waals surface area (Å²) in [5.74, 6) is 0.557. The number of nitrogens with zero attached hydrogens (tertiary/aromatic N) is 2. The van der Waals surface area contributed by atoms with Crippen molar-refractivity contribution in [1.29, 1.82) is 0 Å². The summed E-state index contributed by atoms with van der Waals surface area (Å²) in [7, 11) is 0. The van der Waals surface area contributed by atoms with E-state index >= 15 is 0 Å². The summed E-state index contributed by atoms with van der Waals surface area (Å²) in [5.41, 5.74) is 1.61. The molecule has 100 valence electrons. The number of para-hydroxylation sites is 2. The number of halogens is 1. The molecule has 3 aromatic rings. The minimum absolute atomic E-state index is 0.557. The highest BCUT2D eigenvalue weighted by Crippen LogP contribution is 2.42. The van der Waals surface area contributed by atoms with Crippen LogP contribution in [0.4, 0.5) is 0 Å². The average molecular weight is 303 g/mol. The zero-order valence-electron chi connectivity index (χ0n) is 10.5. The summed E-state index contributed by atoms with van der Waals surface area (Å²) in [6.07, 6.45) is 0. The van der Waals surface area contributed by atoms with Crippen LogP contribution in [0.5, 0.6) is 0 Å². The molecule has 5 heteroatoms. The number of rotatable bonds is 1. The van der Waals surface area contributed by atoms with Crippen LogP contribution in [-0.2, 0) is 5.72 Å². The number of fused-ring (bicyclic) bond motifs is 3. The van der Waals surface area contributed by atoms with Crippen molar-refractivity contribution in [1.82, 2.24) is 9.55 Å². The molecule has 0 radical (unpaired) electrons. The van der Waals surface area contributed by atoms with Gasteiger partial charge >= 0.3 is 0 Å². The minimum atomic E-state index is -1.07. The average Bonchev–Trinajstić information content (AvgIpc) is 2.98. The maximum atomic E-state index is 11.2. The fraction of sp³-hybridized carbons (Fsp3) is 0.133. The molecule has 4 rings (SSSR count). The third-order valence-corrected chi connectivity index (χ3v) is 4.94. The van der Waals surface area contributed by atoms with Gasteiger partial charge in [-0.3, -0.25) is 4.57 Å². The van der Waals surface area contributed by atoms with Gasteiger partial charge in [0, 0.05) is 10.6 Å². The molecule has 1 N–H and O–H groups in total. The van der Waals surface area contributed by atoms with E-state index in [1.54, 1.807) is 23.9 Å². The summed E-state index contributed by atoms with van der Waals surface area (Å²) in [5, 5.41) is 12.7. The van der Waals surface area contributed by atoms with Crippen LogP contribution in [0.1, 0.15) is 5.56 Å². The lowest BCUT2D eigenvalue weighted by Gasteiger charge is -2.25. The van der Waals surface area contributed by atoms with Crippen molar-refractivity contribution < 1.29 is 5.11 Å². The van der Waals surface area contributed by atoms with E-state index in [-0.39, 0.29) is 0 Å². The summed E-state index contributed by atoms with van der Waals surface area (Å²) < 4.78 is 1.91. The second kappa shape index (κ2) is 4.25. The standard InChI is InChI=1S/C15H11ClN2OS/c16-11-7-5-10(6-8-11)15(19)9-20-14-17-12-3-1-2-4-13(12)18(14)15/h1-8,19H,9H2. The summed E-state index contributed by atoms with van der Waals surface area (Å²) >= 11 is 7.50. The molecule has 0 spiro atoms. The molecule has 20 heavy (non-hydrogen) atoms. The first-order chi connectivity index (χ1) is 9.68. The smallest absolute Gasteiger partial charge is 0.179 e. The molecule has 2 aromatic carbocycles. The third kappa shape index (κ3) is 1.62. The minimum Gasteiger partial charge on any atom is -0.366 e. The molecule has 1 aliphatic heterocycles. The Morgan fingerprint density at radius 1 is 1.15 bits per heavy atom. The summed E-state index contributed by atoms with van der Waals surface area (Å²) in [4.78, 5) is 4.57. The van der Waals surface area contributed by atoms with Gasteiger partial charge in [0.05, 0.1) is 16.8 Å². The SMILES string of the molecule is OC1(c2ccc(Cl)cc2)CSc2nc3ccccc3n21. The fourth-order valence-electron chi connectivity index (χ4n) is 2.62. The van der Waals surface area contributed by atoms with Crippen LogP contribution in [0.25, 0.3) is 11.0 Å². The van der Waals surface area contributed by atoms with Crippen molar-refractivity contribution in [3.8, 4) is 0 Å². The molecule has 1 unspecified atom stereocenters. The van der Waals surface area contributed by atoms with Gasteiger partial charge in [-0.15, -0.1) is 0 Å². The Kier molecular flexibility index (Phi) is 2.61. The van der Waals surface area contributed by atoms with Gasteiger partial charge in [-0.2, -0.15) is 0 Å².